The average Bonchev–Trinajstić information content (AvgIpc) is 3.57. The fourth-order valence-electron chi connectivity index (χ4n) is 4.53. The summed E-state index contributed by atoms with van der Waals surface area (Å²) in [7, 11) is -3.98. The molecule has 3 atom stereocenters. The van der Waals surface area contributed by atoms with Gasteiger partial charge in [0, 0.05) is 12.2 Å². The lowest BCUT2D eigenvalue weighted by atomic mass is 10.0. The van der Waals surface area contributed by atoms with Gasteiger partial charge in [0.1, 0.15) is 6.04 Å². The monoisotopic (exact) mass is 514 g/mol. The fraction of sp³-hybridized carbons (Fsp3) is 0.440. The normalized spacial score (nSPS) is 21.9. The van der Waals surface area contributed by atoms with Gasteiger partial charge in [-0.2, -0.15) is 4.31 Å². The summed E-state index contributed by atoms with van der Waals surface area (Å²) in [6.45, 7) is 1.36. The number of aromatic nitrogens is 1. The number of carbonyl (C=O) groups excluding carboxylic acids is 3. The molecule has 192 valence electrons. The van der Waals surface area contributed by atoms with Crippen LogP contribution in [-0.4, -0.2) is 60.0 Å². The molecule has 0 bridgehead atoms. The minimum atomic E-state index is -3.98. The number of allylic oxidation sites excluding steroid dienone is 1. The predicted molar refractivity (Wildman–Crippen MR) is 130 cm³/mol. The quantitative estimate of drug-likeness (QED) is 0.515. The number of ketones is 1. The molecule has 2 N–H and O–H groups in total. The smallest absolute Gasteiger partial charge is 0.287 e. The zero-order chi connectivity index (χ0) is 25.7. The zero-order valence-electron chi connectivity index (χ0n) is 20.1. The van der Waals surface area contributed by atoms with Gasteiger partial charge in [-0.05, 0) is 69.7 Å². The van der Waals surface area contributed by atoms with Crippen molar-refractivity contribution in [2.45, 2.75) is 68.6 Å². The molecular weight excluding hydrogens is 484 g/mol. The lowest BCUT2D eigenvalue weighted by Gasteiger charge is -2.25. The molecule has 1 aliphatic heterocycles. The number of carbonyl (C=O) groups is 3. The number of hydrogen-bond donors (Lipinski definition) is 2. The van der Waals surface area contributed by atoms with Crippen molar-refractivity contribution in [3.63, 3.8) is 0 Å². The summed E-state index contributed by atoms with van der Waals surface area (Å²) in [5.41, 5.74) is 1.07. The Bertz CT molecular complexity index is 1230. The third-order valence-corrected chi connectivity index (χ3v) is 8.44. The third kappa shape index (κ3) is 5.90. The minimum absolute atomic E-state index is 0.0861. The van der Waals surface area contributed by atoms with Crippen LogP contribution in [0.15, 0.2) is 63.9 Å². The summed E-state index contributed by atoms with van der Waals surface area (Å²) in [6.07, 6.45) is 8.58. The van der Waals surface area contributed by atoms with E-state index in [1.165, 1.54) is 24.6 Å². The highest BCUT2D eigenvalue weighted by Gasteiger charge is 2.38. The van der Waals surface area contributed by atoms with Crippen LogP contribution >= 0.6 is 0 Å². The molecule has 0 unspecified atom stereocenters. The molecule has 3 heterocycles. The Balaban J connectivity index is 1.47. The maximum atomic E-state index is 13.3. The van der Waals surface area contributed by atoms with Crippen LogP contribution in [0.1, 0.15) is 56.0 Å². The first-order valence-corrected chi connectivity index (χ1v) is 13.5. The summed E-state index contributed by atoms with van der Waals surface area (Å²) >= 11 is 0. The van der Waals surface area contributed by atoms with Crippen LogP contribution in [0.4, 0.5) is 0 Å². The number of hydrogen-bond acceptors (Lipinski definition) is 7. The van der Waals surface area contributed by atoms with Gasteiger partial charge < -0.3 is 15.1 Å². The van der Waals surface area contributed by atoms with Gasteiger partial charge >= 0.3 is 0 Å². The molecule has 11 heteroatoms. The molecule has 2 amide bonds. The van der Waals surface area contributed by atoms with Crippen LogP contribution in [0, 0.1) is 0 Å². The predicted octanol–water partition coefficient (Wildman–Crippen LogP) is 2.20. The van der Waals surface area contributed by atoms with Gasteiger partial charge in [-0.1, -0.05) is 17.7 Å². The van der Waals surface area contributed by atoms with Crippen molar-refractivity contribution < 1.29 is 27.2 Å². The van der Waals surface area contributed by atoms with Crippen LogP contribution < -0.4 is 10.6 Å². The first-order valence-electron chi connectivity index (χ1n) is 12.0. The van der Waals surface area contributed by atoms with E-state index in [0.29, 0.717) is 12.8 Å². The van der Waals surface area contributed by atoms with Crippen LogP contribution in [0.2, 0.25) is 0 Å². The molecule has 1 aliphatic carbocycles. The molecule has 1 saturated heterocycles. The Morgan fingerprint density at radius 3 is 2.72 bits per heavy atom. The topological polar surface area (TPSA) is 139 Å². The van der Waals surface area contributed by atoms with Crippen LogP contribution in [0.25, 0.3) is 0 Å². The van der Waals surface area contributed by atoms with E-state index in [1.807, 2.05) is 0 Å². The van der Waals surface area contributed by atoms with Crippen LogP contribution in [-0.2, 0) is 19.6 Å². The van der Waals surface area contributed by atoms with E-state index in [0.717, 1.165) is 29.1 Å². The SMILES string of the molecule is C[C@@H]1CC[C@H](NC(=O)[C@@H](CC2=CCCC2)NC(=O)c2ccco2)C(=O)CN1S(=O)(=O)c1ccccn1. The first kappa shape index (κ1) is 25.8. The Morgan fingerprint density at radius 1 is 1.22 bits per heavy atom. The molecule has 2 aromatic heterocycles. The summed E-state index contributed by atoms with van der Waals surface area (Å²) in [4.78, 5) is 42.9. The maximum absolute atomic E-state index is 13.3. The van der Waals surface area contributed by atoms with Crippen molar-refractivity contribution in [1.29, 1.82) is 0 Å². The summed E-state index contributed by atoms with van der Waals surface area (Å²) < 4.78 is 32.5. The molecule has 0 saturated carbocycles. The van der Waals surface area contributed by atoms with E-state index in [4.69, 9.17) is 4.42 Å². The van der Waals surface area contributed by atoms with Crippen LogP contribution in [0.3, 0.4) is 0 Å². The number of nitrogens with one attached hydrogen (secondary N) is 2. The molecule has 0 radical (unpaired) electrons. The van der Waals surface area contributed by atoms with Crippen molar-refractivity contribution in [3.05, 3.63) is 60.2 Å². The lowest BCUT2D eigenvalue weighted by Crippen LogP contribution is -2.52. The number of rotatable bonds is 8. The standard InChI is InChI=1S/C25H30N4O6S/c1-17-11-12-19(21(30)16-29(17)36(33,34)23-10-4-5-13-26-23)27-24(31)20(15-18-7-2-3-8-18)28-25(32)22-9-6-14-35-22/h4-7,9-10,13-14,17,19-20H,2-3,8,11-12,15-16H2,1H3,(H,27,31)(H,28,32)/t17-,19+,20-/m1/s1. The molecule has 10 nitrogen and oxygen atoms in total. The number of pyridine rings is 1. The highest BCUT2D eigenvalue weighted by molar-refractivity contribution is 7.89. The molecule has 0 aromatic carbocycles. The second-order valence-corrected chi connectivity index (χ2v) is 11.0. The highest BCUT2D eigenvalue weighted by Crippen LogP contribution is 2.24. The van der Waals surface area contributed by atoms with E-state index >= 15 is 0 Å². The third-order valence-electron chi connectivity index (χ3n) is 6.56. The molecular formula is C25H30N4O6S. The Morgan fingerprint density at radius 2 is 2.06 bits per heavy atom. The van der Waals surface area contributed by atoms with Crippen molar-refractivity contribution in [2.75, 3.05) is 6.54 Å². The summed E-state index contributed by atoms with van der Waals surface area (Å²) in [6, 6.07) is 5.44. The van der Waals surface area contributed by atoms with Crippen molar-refractivity contribution in [2.24, 2.45) is 0 Å². The van der Waals surface area contributed by atoms with E-state index in [1.54, 1.807) is 25.1 Å². The molecule has 0 spiro atoms. The number of Topliss-reactive ketones (excluding diaryl/α,β-unsaturated/α-hetero) is 1. The maximum Gasteiger partial charge on any atom is 0.287 e. The molecule has 1 fully saturated rings. The second kappa shape index (κ2) is 11.2. The minimum Gasteiger partial charge on any atom is -0.459 e. The first-order chi connectivity index (χ1) is 17.3. The number of nitrogens with zero attached hydrogens (tertiary/aromatic N) is 2. The highest BCUT2D eigenvalue weighted by atomic mass is 32.2. The van der Waals surface area contributed by atoms with Crippen LogP contribution in [0.5, 0.6) is 0 Å². The largest absolute Gasteiger partial charge is 0.459 e. The van der Waals surface area contributed by atoms with Crippen molar-refractivity contribution in [1.82, 2.24) is 19.9 Å². The van der Waals surface area contributed by atoms with Gasteiger partial charge in [0.25, 0.3) is 15.9 Å². The van der Waals surface area contributed by atoms with Gasteiger partial charge in [-0.25, -0.2) is 13.4 Å². The molecule has 2 aliphatic rings. The average molecular weight is 515 g/mol. The Labute approximate surface area is 210 Å². The Hall–Kier alpha value is -3.31. The van der Waals surface area contributed by atoms with E-state index in [2.05, 4.69) is 21.7 Å². The van der Waals surface area contributed by atoms with Gasteiger partial charge in [0.2, 0.25) is 5.91 Å². The summed E-state index contributed by atoms with van der Waals surface area (Å²) in [5.74, 6) is -1.34. The molecule has 2 aromatic rings. The van der Waals surface area contributed by atoms with Gasteiger partial charge in [0.05, 0.1) is 18.8 Å². The number of amides is 2. The molecule has 4 rings (SSSR count). The zero-order valence-corrected chi connectivity index (χ0v) is 20.9. The van der Waals surface area contributed by atoms with E-state index in [-0.39, 0.29) is 23.8 Å². The van der Waals surface area contributed by atoms with Crippen molar-refractivity contribution in [3.8, 4) is 0 Å². The van der Waals surface area contributed by atoms with E-state index < -0.39 is 45.7 Å². The second-order valence-electron chi connectivity index (χ2n) is 9.13. The van der Waals surface area contributed by atoms with Gasteiger partial charge in [0.15, 0.2) is 16.6 Å². The Kier molecular flexibility index (Phi) is 8.00. The summed E-state index contributed by atoms with van der Waals surface area (Å²) in [5, 5.41) is 5.36. The number of furan rings is 1. The molecule has 36 heavy (non-hydrogen) atoms. The fourth-order valence-corrected chi connectivity index (χ4v) is 6.09. The number of sulfonamides is 1. The van der Waals surface area contributed by atoms with E-state index in [9.17, 15) is 22.8 Å². The van der Waals surface area contributed by atoms with Gasteiger partial charge in [-0.3, -0.25) is 14.4 Å². The van der Waals surface area contributed by atoms with Crippen molar-refractivity contribution >= 4 is 27.6 Å². The van der Waals surface area contributed by atoms with Gasteiger partial charge in [-0.15, -0.1) is 0 Å². The lowest BCUT2D eigenvalue weighted by molar-refractivity contribution is -0.128.